The summed E-state index contributed by atoms with van der Waals surface area (Å²) in [4.78, 5) is 27.8. The topological polar surface area (TPSA) is 95.7 Å². The van der Waals surface area contributed by atoms with Crippen LogP contribution in [0.4, 0.5) is 5.00 Å². The maximum atomic E-state index is 12.8. The van der Waals surface area contributed by atoms with E-state index in [1.54, 1.807) is 16.2 Å². The summed E-state index contributed by atoms with van der Waals surface area (Å²) < 4.78 is 0. The van der Waals surface area contributed by atoms with Gasteiger partial charge in [0, 0.05) is 35.9 Å². The van der Waals surface area contributed by atoms with Crippen molar-refractivity contribution in [3.05, 3.63) is 39.8 Å². The molecule has 1 aromatic heterocycles. The molecular formula is C21H27N3O3S. The molecule has 0 saturated heterocycles. The molecule has 2 atom stereocenters. The minimum atomic E-state index is -0.128. The van der Waals surface area contributed by atoms with E-state index in [1.165, 1.54) is 11.1 Å². The summed E-state index contributed by atoms with van der Waals surface area (Å²) in [5.41, 5.74) is 9.59. The summed E-state index contributed by atoms with van der Waals surface area (Å²) >= 11 is 1.54. The highest BCUT2D eigenvalue weighted by molar-refractivity contribution is 7.16. The van der Waals surface area contributed by atoms with Crippen LogP contribution in [0.2, 0.25) is 0 Å². The first kappa shape index (κ1) is 19.4. The lowest BCUT2D eigenvalue weighted by Gasteiger charge is -2.27. The van der Waals surface area contributed by atoms with Crippen LogP contribution in [0.5, 0.6) is 0 Å². The minimum absolute atomic E-state index is 0.0305. The maximum absolute atomic E-state index is 12.8. The van der Waals surface area contributed by atoms with Gasteiger partial charge in [0.2, 0.25) is 11.8 Å². The van der Waals surface area contributed by atoms with E-state index >= 15 is 0 Å². The van der Waals surface area contributed by atoms with Gasteiger partial charge in [-0.3, -0.25) is 9.59 Å². The van der Waals surface area contributed by atoms with Crippen LogP contribution in [0.3, 0.4) is 0 Å². The lowest BCUT2D eigenvalue weighted by atomic mass is 9.99. The fourth-order valence-corrected chi connectivity index (χ4v) is 5.58. The number of allylic oxidation sites excluding steroid dienone is 4. The zero-order chi connectivity index (χ0) is 19.7. The van der Waals surface area contributed by atoms with Crippen molar-refractivity contribution in [3.8, 4) is 0 Å². The van der Waals surface area contributed by atoms with Crippen LogP contribution in [-0.2, 0) is 29.1 Å². The zero-order valence-electron chi connectivity index (χ0n) is 15.9. The van der Waals surface area contributed by atoms with Crippen LogP contribution in [0.15, 0.2) is 23.8 Å². The smallest absolute Gasteiger partial charge is 0.228 e. The highest BCUT2D eigenvalue weighted by Gasteiger charge is 2.45. The first-order valence-electron chi connectivity index (χ1n) is 10.0. The summed E-state index contributed by atoms with van der Waals surface area (Å²) in [6, 6.07) is 0. The Balaban J connectivity index is 1.44. The number of carbonyl (C=O) groups excluding carboxylic acids is 2. The number of aliphatic hydroxyl groups excluding tert-OH is 1. The van der Waals surface area contributed by atoms with E-state index in [-0.39, 0.29) is 30.8 Å². The number of anilines is 1. The summed E-state index contributed by atoms with van der Waals surface area (Å²) in [7, 11) is 0. The lowest BCUT2D eigenvalue weighted by molar-refractivity contribution is -0.132. The monoisotopic (exact) mass is 401 g/mol. The largest absolute Gasteiger partial charge is 0.396 e. The molecule has 150 valence electrons. The van der Waals surface area contributed by atoms with Gasteiger partial charge in [-0.15, -0.1) is 11.3 Å². The van der Waals surface area contributed by atoms with Gasteiger partial charge in [-0.2, -0.15) is 0 Å². The molecule has 2 amide bonds. The van der Waals surface area contributed by atoms with Crippen LogP contribution < -0.4 is 11.1 Å². The van der Waals surface area contributed by atoms with Crippen molar-refractivity contribution < 1.29 is 14.7 Å². The third kappa shape index (κ3) is 3.79. The predicted molar refractivity (Wildman–Crippen MR) is 110 cm³/mol. The Morgan fingerprint density at radius 3 is 2.93 bits per heavy atom. The fourth-order valence-electron chi connectivity index (χ4n) is 4.28. The number of hydrogen-bond acceptors (Lipinski definition) is 5. The van der Waals surface area contributed by atoms with Crippen molar-refractivity contribution in [1.29, 1.82) is 0 Å². The Morgan fingerprint density at radius 1 is 1.36 bits per heavy atom. The summed E-state index contributed by atoms with van der Waals surface area (Å²) in [6.07, 6.45) is 10.4. The number of thiophene rings is 1. The molecule has 1 fully saturated rings. The number of rotatable bonds is 6. The number of hydrogen-bond donors (Lipinski definition) is 3. The second-order valence-electron chi connectivity index (χ2n) is 7.70. The van der Waals surface area contributed by atoms with Gasteiger partial charge in [0.15, 0.2) is 0 Å². The molecule has 2 heterocycles. The van der Waals surface area contributed by atoms with Gasteiger partial charge in [-0.1, -0.05) is 23.8 Å². The average molecular weight is 402 g/mol. The Bertz CT molecular complexity index is 842. The van der Waals surface area contributed by atoms with Gasteiger partial charge in [-0.05, 0) is 37.2 Å². The molecule has 1 aliphatic heterocycles. The van der Waals surface area contributed by atoms with E-state index < -0.39 is 0 Å². The van der Waals surface area contributed by atoms with Crippen LogP contribution in [0.1, 0.15) is 41.7 Å². The fraction of sp³-hybridized carbons (Fsp3) is 0.524. The Hall–Kier alpha value is -1.96. The maximum Gasteiger partial charge on any atom is 0.228 e. The zero-order valence-corrected chi connectivity index (χ0v) is 16.8. The molecule has 1 aromatic rings. The quantitative estimate of drug-likeness (QED) is 0.682. The Morgan fingerprint density at radius 2 is 2.21 bits per heavy atom. The van der Waals surface area contributed by atoms with E-state index in [0.29, 0.717) is 25.6 Å². The normalized spacial score (nSPS) is 23.2. The van der Waals surface area contributed by atoms with Gasteiger partial charge in [0.05, 0.1) is 13.2 Å². The number of nitrogens with two attached hydrogens (primary N) is 1. The molecule has 6 nitrogen and oxygen atoms in total. The van der Waals surface area contributed by atoms with Crippen LogP contribution >= 0.6 is 11.3 Å². The minimum Gasteiger partial charge on any atom is -0.396 e. The van der Waals surface area contributed by atoms with E-state index in [1.807, 2.05) is 0 Å². The third-order valence-electron chi connectivity index (χ3n) is 5.94. The summed E-state index contributed by atoms with van der Waals surface area (Å²) in [6.45, 7) is 1.43. The number of nitrogens with zero attached hydrogens (tertiary/aromatic N) is 1. The molecule has 0 spiro atoms. The van der Waals surface area contributed by atoms with Crippen molar-refractivity contribution in [1.82, 2.24) is 4.90 Å². The van der Waals surface area contributed by atoms with E-state index in [0.717, 1.165) is 41.1 Å². The van der Waals surface area contributed by atoms with Crippen molar-refractivity contribution in [2.75, 3.05) is 18.5 Å². The van der Waals surface area contributed by atoms with Crippen molar-refractivity contribution >= 4 is 28.2 Å². The molecule has 4 N–H and O–H groups in total. The average Bonchev–Trinajstić information content (AvgIpc) is 3.44. The van der Waals surface area contributed by atoms with E-state index in [9.17, 15) is 9.59 Å². The molecule has 7 heteroatoms. The highest BCUT2D eigenvalue weighted by Crippen LogP contribution is 2.47. The van der Waals surface area contributed by atoms with Crippen LogP contribution in [0, 0.1) is 11.8 Å². The van der Waals surface area contributed by atoms with Gasteiger partial charge in [0.1, 0.15) is 5.00 Å². The Kier molecular flexibility index (Phi) is 5.66. The van der Waals surface area contributed by atoms with E-state index in [2.05, 4.69) is 23.5 Å². The van der Waals surface area contributed by atoms with Crippen LogP contribution in [-0.4, -0.2) is 35.0 Å². The second kappa shape index (κ2) is 8.19. The molecule has 0 bridgehead atoms. The Labute approximate surface area is 169 Å². The van der Waals surface area contributed by atoms with Gasteiger partial charge in [0.25, 0.3) is 0 Å². The molecule has 1 saturated carbocycles. The lowest BCUT2D eigenvalue weighted by Crippen LogP contribution is -2.35. The first-order valence-corrected chi connectivity index (χ1v) is 10.8. The summed E-state index contributed by atoms with van der Waals surface area (Å²) in [5.74, 6) is 0.497. The van der Waals surface area contributed by atoms with Crippen molar-refractivity contribution in [3.63, 3.8) is 0 Å². The van der Waals surface area contributed by atoms with Gasteiger partial charge < -0.3 is 21.1 Å². The molecular weight excluding hydrogens is 374 g/mol. The first-order chi connectivity index (χ1) is 13.6. The molecule has 28 heavy (non-hydrogen) atoms. The number of fused-ring (bicyclic) bond motifs is 1. The van der Waals surface area contributed by atoms with Crippen LogP contribution in [0.25, 0.3) is 0 Å². The second-order valence-corrected chi connectivity index (χ2v) is 8.81. The van der Waals surface area contributed by atoms with E-state index in [4.69, 9.17) is 10.8 Å². The third-order valence-corrected chi connectivity index (χ3v) is 7.11. The van der Waals surface area contributed by atoms with Gasteiger partial charge >= 0.3 is 0 Å². The highest BCUT2D eigenvalue weighted by atomic mass is 32.1. The number of aliphatic hydroxyl groups is 1. The molecule has 0 radical (unpaired) electrons. The predicted octanol–water partition coefficient (Wildman–Crippen LogP) is 2.32. The number of nitrogens with one attached hydrogen (secondary N) is 1. The molecule has 2 aliphatic carbocycles. The van der Waals surface area contributed by atoms with Gasteiger partial charge in [-0.25, -0.2) is 0 Å². The van der Waals surface area contributed by atoms with Crippen molar-refractivity contribution in [2.45, 2.75) is 45.2 Å². The number of amides is 2. The molecule has 3 aliphatic rings. The molecule has 4 rings (SSSR count). The number of carbonyl (C=O) groups is 2. The standard InChI is InChI=1S/C21H27N3O3S/c22-11-17-14-6-8-24(19(26)7-9-25)12-18(14)28-21(17)23-20(27)16-10-15(16)13-4-2-1-3-5-13/h1-2,4,15-16,25H,3,5-12,22H2,(H,23,27). The SMILES string of the molecule is NCc1c(NC(=O)C2CC2C2=CC=CCC2)sc2c1CCN(C(=O)CCO)C2. The van der Waals surface area contributed by atoms with Crippen molar-refractivity contribution in [2.24, 2.45) is 17.6 Å². The molecule has 0 aromatic carbocycles. The molecule has 2 unspecified atom stereocenters. The summed E-state index contributed by atoms with van der Waals surface area (Å²) in [5, 5.41) is 13.0.